The molecule has 0 saturated heterocycles. The number of ether oxygens (including phenoxy) is 2. The first-order valence-corrected chi connectivity index (χ1v) is 9.92. The number of nitrogens with one attached hydrogen (secondary N) is 1. The molecule has 1 N–H and O–H groups in total. The van der Waals surface area contributed by atoms with Crippen LogP contribution in [0, 0.1) is 11.7 Å². The van der Waals surface area contributed by atoms with E-state index in [0.29, 0.717) is 24.6 Å². The molecule has 0 aromatic carbocycles. The van der Waals surface area contributed by atoms with Gasteiger partial charge in [0, 0.05) is 12.6 Å². The van der Waals surface area contributed by atoms with Crippen molar-refractivity contribution in [2.24, 2.45) is 5.92 Å². The molecule has 1 aliphatic heterocycles. The minimum Gasteiger partial charge on any atom is -0.479 e. The van der Waals surface area contributed by atoms with Crippen LogP contribution in [0.25, 0.3) is 0 Å². The molecule has 2 aromatic heterocycles. The fourth-order valence-corrected chi connectivity index (χ4v) is 4.17. The number of nitrogens with zero attached hydrogens (tertiary/aromatic N) is 3. The molecule has 1 aliphatic rings. The second-order valence-electron chi connectivity index (χ2n) is 6.42. The number of hydrogen-bond acceptors (Lipinski definition) is 6. The Bertz CT molecular complexity index is 965. The van der Waals surface area contributed by atoms with Crippen LogP contribution in [0.4, 0.5) is 18.9 Å². The highest BCUT2D eigenvalue weighted by Gasteiger charge is 2.28. The Labute approximate surface area is 159 Å². The molecule has 1 unspecified atom stereocenters. The predicted molar refractivity (Wildman–Crippen MR) is 92.8 cm³/mol. The molecule has 28 heavy (non-hydrogen) atoms. The maximum Gasteiger partial charge on any atom is 0.272 e. The largest absolute Gasteiger partial charge is 0.479 e. The van der Waals surface area contributed by atoms with Gasteiger partial charge in [-0.2, -0.15) is 10.1 Å². The second kappa shape index (κ2) is 7.86. The van der Waals surface area contributed by atoms with Crippen LogP contribution in [-0.4, -0.2) is 43.3 Å². The number of halogens is 3. The summed E-state index contributed by atoms with van der Waals surface area (Å²) >= 11 is 0. The van der Waals surface area contributed by atoms with Crippen molar-refractivity contribution in [3.05, 3.63) is 23.8 Å². The molecule has 0 amide bonds. The average Bonchev–Trinajstić information content (AvgIpc) is 3.04. The number of aromatic nitrogens is 3. The Morgan fingerprint density at radius 1 is 1.39 bits per heavy atom. The summed E-state index contributed by atoms with van der Waals surface area (Å²) < 4.78 is 77.6. The summed E-state index contributed by atoms with van der Waals surface area (Å²) in [5.74, 6) is -1.75. The topological polar surface area (TPSA) is 95.3 Å². The molecule has 2 aromatic rings. The monoisotopic (exact) mass is 420 g/mol. The molecule has 0 spiro atoms. The van der Waals surface area contributed by atoms with Crippen molar-refractivity contribution in [1.82, 2.24) is 14.8 Å². The van der Waals surface area contributed by atoms with Crippen LogP contribution in [-0.2, 0) is 23.0 Å². The van der Waals surface area contributed by atoms with E-state index in [0.717, 1.165) is 12.5 Å². The number of hydrogen-bond donors (Lipinski definition) is 1. The fraction of sp³-hybridized carbons (Fsp3) is 0.500. The second-order valence-corrected chi connectivity index (χ2v) is 8.07. The molecule has 8 nitrogen and oxygen atoms in total. The van der Waals surface area contributed by atoms with E-state index in [1.54, 1.807) is 4.68 Å². The Kier molecular flexibility index (Phi) is 5.68. The summed E-state index contributed by atoms with van der Waals surface area (Å²) in [6, 6.07) is 0.766. The lowest BCUT2D eigenvalue weighted by Crippen LogP contribution is -2.22. The maximum atomic E-state index is 14.1. The van der Waals surface area contributed by atoms with Crippen LogP contribution >= 0.6 is 0 Å². The highest BCUT2D eigenvalue weighted by atomic mass is 32.2. The first kappa shape index (κ1) is 20.2. The van der Waals surface area contributed by atoms with E-state index in [1.807, 2.05) is 6.92 Å². The quantitative estimate of drug-likeness (QED) is 0.739. The lowest BCUT2D eigenvalue weighted by molar-refractivity contribution is 0.0770. The van der Waals surface area contributed by atoms with Gasteiger partial charge in [-0.15, -0.1) is 0 Å². The number of sulfonamides is 1. The minimum atomic E-state index is -4.10. The molecule has 0 radical (unpaired) electrons. The van der Waals surface area contributed by atoms with Gasteiger partial charge in [-0.3, -0.25) is 9.40 Å². The van der Waals surface area contributed by atoms with Crippen molar-refractivity contribution >= 4 is 15.7 Å². The normalized spacial score (nSPS) is 16.7. The molecule has 3 rings (SSSR count). The zero-order valence-corrected chi connectivity index (χ0v) is 16.0. The van der Waals surface area contributed by atoms with Crippen LogP contribution in [0.1, 0.15) is 19.0 Å². The molecule has 0 fully saturated rings. The Hall–Kier alpha value is -2.50. The minimum absolute atomic E-state index is 0.0140. The number of fused-ring (bicyclic) bond motifs is 1. The summed E-state index contributed by atoms with van der Waals surface area (Å²) in [6.45, 7) is 1.60. The van der Waals surface area contributed by atoms with E-state index >= 15 is 0 Å². The standard InChI is InChI=1S/C16H19F3N4O4S/c1-9-3-4-12-13(6-20-23(12)7-9)28(24,25)22-11-5-10(17)15(21-16(11)26-2)27-8-14(18)19/h5-6,9,14,22H,3-4,7-8H2,1-2H3. The molecule has 3 heterocycles. The number of methoxy groups -OCH3 is 1. The fourth-order valence-electron chi connectivity index (χ4n) is 2.92. The van der Waals surface area contributed by atoms with Crippen LogP contribution in [0.2, 0.25) is 0 Å². The molecule has 0 saturated carbocycles. The zero-order chi connectivity index (χ0) is 20.5. The van der Waals surface area contributed by atoms with Gasteiger partial charge in [-0.25, -0.2) is 21.6 Å². The van der Waals surface area contributed by atoms with Gasteiger partial charge >= 0.3 is 0 Å². The van der Waals surface area contributed by atoms with E-state index in [1.165, 1.54) is 13.3 Å². The Balaban J connectivity index is 1.89. The van der Waals surface area contributed by atoms with Crippen molar-refractivity contribution < 1.29 is 31.1 Å². The molecular formula is C16H19F3N4O4S. The van der Waals surface area contributed by atoms with Crippen molar-refractivity contribution in [3.8, 4) is 11.8 Å². The summed E-state index contributed by atoms with van der Waals surface area (Å²) in [7, 11) is -2.92. The highest BCUT2D eigenvalue weighted by Crippen LogP contribution is 2.32. The van der Waals surface area contributed by atoms with E-state index in [9.17, 15) is 21.6 Å². The van der Waals surface area contributed by atoms with E-state index in [4.69, 9.17) is 4.74 Å². The Morgan fingerprint density at radius 2 is 2.14 bits per heavy atom. The van der Waals surface area contributed by atoms with Gasteiger partial charge in [0.1, 0.15) is 10.6 Å². The summed E-state index contributed by atoms with van der Waals surface area (Å²) in [6.07, 6.45) is -0.209. The van der Waals surface area contributed by atoms with Crippen molar-refractivity contribution in [1.29, 1.82) is 0 Å². The van der Waals surface area contributed by atoms with Crippen molar-refractivity contribution in [2.45, 2.75) is 37.6 Å². The lowest BCUT2D eigenvalue weighted by atomic mass is 10.0. The average molecular weight is 420 g/mol. The number of anilines is 1. The smallest absolute Gasteiger partial charge is 0.272 e. The van der Waals surface area contributed by atoms with Crippen LogP contribution in [0.15, 0.2) is 17.2 Å². The van der Waals surface area contributed by atoms with Crippen molar-refractivity contribution in [3.63, 3.8) is 0 Å². The first-order valence-electron chi connectivity index (χ1n) is 8.44. The van der Waals surface area contributed by atoms with Gasteiger partial charge in [-0.1, -0.05) is 6.92 Å². The van der Waals surface area contributed by atoms with Gasteiger partial charge in [-0.05, 0) is 18.8 Å². The lowest BCUT2D eigenvalue weighted by Gasteiger charge is -2.21. The third-order valence-corrected chi connectivity index (χ3v) is 5.66. The van der Waals surface area contributed by atoms with Gasteiger partial charge in [0.25, 0.3) is 22.3 Å². The van der Waals surface area contributed by atoms with E-state index in [-0.39, 0.29) is 16.5 Å². The predicted octanol–water partition coefficient (Wildman–Crippen LogP) is 2.45. The van der Waals surface area contributed by atoms with Crippen LogP contribution in [0.5, 0.6) is 11.8 Å². The van der Waals surface area contributed by atoms with Gasteiger partial charge in [0.05, 0.1) is 19.0 Å². The third kappa shape index (κ3) is 4.16. The van der Waals surface area contributed by atoms with Gasteiger partial charge < -0.3 is 9.47 Å². The molecule has 0 bridgehead atoms. The summed E-state index contributed by atoms with van der Waals surface area (Å²) in [5, 5.41) is 4.12. The Morgan fingerprint density at radius 3 is 2.82 bits per heavy atom. The number of pyridine rings is 1. The number of alkyl halides is 2. The van der Waals surface area contributed by atoms with E-state index in [2.05, 4.69) is 19.5 Å². The highest BCUT2D eigenvalue weighted by molar-refractivity contribution is 7.92. The molecular weight excluding hydrogens is 401 g/mol. The SMILES string of the molecule is COc1nc(OCC(F)F)c(F)cc1NS(=O)(=O)c1cnn2c1CCC(C)C2. The van der Waals surface area contributed by atoms with Gasteiger partial charge in [0.2, 0.25) is 5.88 Å². The molecule has 0 aliphatic carbocycles. The van der Waals surface area contributed by atoms with Crippen LogP contribution in [0.3, 0.4) is 0 Å². The van der Waals surface area contributed by atoms with Gasteiger partial charge in [0.15, 0.2) is 12.4 Å². The van der Waals surface area contributed by atoms with Crippen molar-refractivity contribution in [2.75, 3.05) is 18.4 Å². The summed E-state index contributed by atoms with van der Waals surface area (Å²) in [5.41, 5.74) is 0.281. The van der Waals surface area contributed by atoms with Crippen LogP contribution < -0.4 is 14.2 Å². The number of rotatable bonds is 7. The van der Waals surface area contributed by atoms with E-state index < -0.39 is 34.8 Å². The zero-order valence-electron chi connectivity index (χ0n) is 15.2. The maximum absolute atomic E-state index is 14.1. The summed E-state index contributed by atoms with van der Waals surface area (Å²) in [4.78, 5) is 3.61. The molecule has 154 valence electrons. The molecule has 1 atom stereocenters. The molecule has 12 heteroatoms. The first-order chi connectivity index (χ1) is 13.2. The third-order valence-electron chi connectivity index (χ3n) is 4.25.